The summed E-state index contributed by atoms with van der Waals surface area (Å²) in [5.74, 6) is 0. The minimum Gasteiger partial charge on any atom is -0.455 e. The van der Waals surface area contributed by atoms with Crippen molar-refractivity contribution in [2.24, 2.45) is 0 Å². The fourth-order valence-electron chi connectivity index (χ4n) is 7.20. The molecule has 1 heterocycles. The van der Waals surface area contributed by atoms with E-state index in [1.165, 1.54) is 0 Å². The third kappa shape index (κ3) is 4.40. The highest BCUT2D eigenvalue weighted by molar-refractivity contribution is 6.27. The molecule has 0 aliphatic carbocycles. The summed E-state index contributed by atoms with van der Waals surface area (Å²) in [7, 11) is 0. The highest BCUT2D eigenvalue weighted by Gasteiger charge is 2.20. The fraction of sp³-hybridized carbons (Fsp3) is 0. The standard InChI is InChI=1S/C48H30O/c1-2-11-31(12-3-1)32-21-23-33(24-22-32)34-25-27-36(28-26-34)45-38-15-6-8-17-40(38)46(41-18-9-7-16-39(41)45)42-19-10-20-44-47(42)43-30-29-35-13-4-5-14-37(35)48(43)49-44/h1-30H/i21D,22D,23D,24D,25D,26D,27D,28D. The molecule has 0 saturated carbocycles. The first kappa shape index (κ1) is 20.7. The van der Waals surface area contributed by atoms with E-state index < -0.39 is 24.2 Å². The van der Waals surface area contributed by atoms with E-state index in [4.69, 9.17) is 9.90 Å². The van der Waals surface area contributed by atoms with Crippen molar-refractivity contribution in [3.05, 3.63) is 182 Å². The highest BCUT2D eigenvalue weighted by Crippen LogP contribution is 2.47. The van der Waals surface area contributed by atoms with Gasteiger partial charge in [0.1, 0.15) is 11.2 Å². The lowest BCUT2D eigenvalue weighted by Gasteiger charge is -2.18. The summed E-state index contributed by atoms with van der Waals surface area (Å²) in [6.45, 7) is 0. The third-order valence-electron chi connectivity index (χ3n) is 9.40. The summed E-state index contributed by atoms with van der Waals surface area (Å²) < 4.78 is 79.9. The van der Waals surface area contributed by atoms with E-state index in [2.05, 4.69) is 30.3 Å². The van der Waals surface area contributed by atoms with E-state index in [1.54, 1.807) is 30.3 Å². The van der Waals surface area contributed by atoms with Gasteiger partial charge in [-0.1, -0.05) is 170 Å². The van der Waals surface area contributed by atoms with E-state index >= 15 is 0 Å². The normalized spacial score (nSPS) is 14.0. The molecule has 0 fully saturated rings. The lowest BCUT2D eigenvalue weighted by Crippen LogP contribution is -1.91. The third-order valence-corrected chi connectivity index (χ3v) is 9.40. The molecule has 0 radical (unpaired) electrons. The van der Waals surface area contributed by atoms with Crippen molar-refractivity contribution in [3.8, 4) is 44.5 Å². The number of hydrogen-bond acceptors (Lipinski definition) is 1. The second-order valence-corrected chi connectivity index (χ2v) is 12.2. The van der Waals surface area contributed by atoms with Crippen LogP contribution in [0.15, 0.2) is 186 Å². The molecule has 49 heavy (non-hydrogen) atoms. The summed E-state index contributed by atoms with van der Waals surface area (Å²) in [6, 6.07) is 39.6. The maximum atomic E-state index is 9.48. The molecule has 1 heteroatoms. The van der Waals surface area contributed by atoms with Crippen LogP contribution in [0.2, 0.25) is 0 Å². The molecular formula is C48H30O. The zero-order chi connectivity index (χ0) is 39.3. The van der Waals surface area contributed by atoms with Gasteiger partial charge in [0.2, 0.25) is 0 Å². The summed E-state index contributed by atoms with van der Waals surface area (Å²) >= 11 is 0. The van der Waals surface area contributed by atoms with Crippen LogP contribution in [0.4, 0.5) is 0 Å². The second-order valence-electron chi connectivity index (χ2n) is 12.2. The van der Waals surface area contributed by atoms with Gasteiger partial charge in [0.05, 0.1) is 11.0 Å². The molecule has 0 saturated heterocycles. The first-order valence-electron chi connectivity index (χ1n) is 20.2. The first-order chi connectivity index (χ1) is 27.7. The van der Waals surface area contributed by atoms with Crippen LogP contribution in [0.3, 0.4) is 0 Å². The number of fused-ring (bicyclic) bond motifs is 7. The fourth-order valence-corrected chi connectivity index (χ4v) is 7.20. The molecule has 0 amide bonds. The molecule has 1 aromatic heterocycles. The Morgan fingerprint density at radius 1 is 0.347 bits per heavy atom. The van der Waals surface area contributed by atoms with Crippen LogP contribution in [-0.4, -0.2) is 0 Å². The Morgan fingerprint density at radius 3 is 1.49 bits per heavy atom. The van der Waals surface area contributed by atoms with Gasteiger partial charge < -0.3 is 4.42 Å². The largest absolute Gasteiger partial charge is 0.455 e. The van der Waals surface area contributed by atoms with Crippen LogP contribution in [0.5, 0.6) is 0 Å². The minimum atomic E-state index is -0.446. The highest BCUT2D eigenvalue weighted by atomic mass is 16.3. The average Bonchev–Trinajstić information content (AvgIpc) is 3.64. The van der Waals surface area contributed by atoms with E-state index in [0.29, 0.717) is 11.1 Å². The van der Waals surface area contributed by atoms with Crippen LogP contribution in [0.25, 0.3) is 98.8 Å². The molecule has 9 aromatic carbocycles. The number of benzene rings is 9. The van der Waals surface area contributed by atoms with Crippen molar-refractivity contribution in [1.29, 1.82) is 0 Å². The summed E-state index contributed by atoms with van der Waals surface area (Å²) in [5, 5.41) is 7.22. The lowest BCUT2D eigenvalue weighted by molar-refractivity contribution is 0.673. The quantitative estimate of drug-likeness (QED) is 0.176. The Labute approximate surface area is 295 Å². The van der Waals surface area contributed by atoms with Gasteiger partial charge >= 0.3 is 0 Å². The molecule has 0 N–H and O–H groups in total. The van der Waals surface area contributed by atoms with E-state index in [1.807, 2.05) is 72.8 Å². The van der Waals surface area contributed by atoms with Gasteiger partial charge in [0, 0.05) is 16.2 Å². The predicted molar refractivity (Wildman–Crippen MR) is 208 cm³/mol. The van der Waals surface area contributed by atoms with Crippen molar-refractivity contribution in [2.45, 2.75) is 0 Å². The molecule has 10 aromatic rings. The smallest absolute Gasteiger partial charge is 0.143 e. The van der Waals surface area contributed by atoms with Crippen molar-refractivity contribution >= 4 is 54.3 Å². The summed E-state index contributed by atoms with van der Waals surface area (Å²) in [5.41, 5.74) is 4.13. The van der Waals surface area contributed by atoms with Crippen LogP contribution >= 0.6 is 0 Å². The van der Waals surface area contributed by atoms with Crippen molar-refractivity contribution in [3.63, 3.8) is 0 Å². The molecule has 10 rings (SSSR count). The Hall–Kier alpha value is -6.44. The number of hydrogen-bond donors (Lipinski definition) is 0. The molecule has 0 aliphatic rings. The second kappa shape index (κ2) is 11.1. The molecule has 0 atom stereocenters. The van der Waals surface area contributed by atoms with Gasteiger partial charge in [-0.05, 0) is 83.6 Å². The van der Waals surface area contributed by atoms with Gasteiger partial charge in [-0.25, -0.2) is 0 Å². The van der Waals surface area contributed by atoms with Crippen LogP contribution < -0.4 is 0 Å². The Balaban J connectivity index is 1.26. The SMILES string of the molecule is [2H]c1c([2H])c(-c2c([2H])c([2H])c(-c3c4ccccc4c(-c4cccc5oc6c7ccccc7ccc6c45)c4ccccc34)c([2H])c2[2H])c([2H])c([2H])c1-c1ccccc1. The first-order valence-corrected chi connectivity index (χ1v) is 16.2. The lowest BCUT2D eigenvalue weighted by atomic mass is 9.84. The van der Waals surface area contributed by atoms with Crippen LogP contribution in [0, 0.1) is 0 Å². The Morgan fingerprint density at radius 2 is 0.857 bits per heavy atom. The van der Waals surface area contributed by atoms with E-state index in [9.17, 15) is 5.48 Å². The van der Waals surface area contributed by atoms with Gasteiger partial charge in [0.15, 0.2) is 0 Å². The van der Waals surface area contributed by atoms with Gasteiger partial charge in [-0.2, -0.15) is 0 Å². The van der Waals surface area contributed by atoms with Gasteiger partial charge in [-0.15, -0.1) is 0 Å². The maximum absolute atomic E-state index is 9.48. The Kier molecular flexibility index (Phi) is 4.69. The van der Waals surface area contributed by atoms with Crippen molar-refractivity contribution in [1.82, 2.24) is 0 Å². The maximum Gasteiger partial charge on any atom is 0.143 e. The van der Waals surface area contributed by atoms with E-state index in [0.717, 1.165) is 65.4 Å². The number of furan rings is 1. The average molecular weight is 631 g/mol. The zero-order valence-corrected chi connectivity index (χ0v) is 26.1. The molecule has 0 bridgehead atoms. The van der Waals surface area contributed by atoms with Gasteiger partial charge in [-0.3, -0.25) is 0 Å². The molecular weight excluding hydrogens is 593 g/mol. The van der Waals surface area contributed by atoms with Gasteiger partial charge in [0.25, 0.3) is 0 Å². The van der Waals surface area contributed by atoms with Crippen molar-refractivity contribution < 1.29 is 15.4 Å². The van der Waals surface area contributed by atoms with Crippen molar-refractivity contribution in [2.75, 3.05) is 0 Å². The predicted octanol–water partition coefficient (Wildman–Crippen LogP) is 13.7. The number of rotatable bonds is 4. The molecule has 0 unspecified atom stereocenters. The minimum absolute atomic E-state index is 0.0855. The van der Waals surface area contributed by atoms with Crippen LogP contribution in [0.1, 0.15) is 11.0 Å². The molecule has 1 nitrogen and oxygen atoms in total. The summed E-state index contributed by atoms with van der Waals surface area (Å²) in [4.78, 5) is 0. The molecule has 228 valence electrons. The Bertz CT molecular complexity index is 3220. The monoisotopic (exact) mass is 630 g/mol. The van der Waals surface area contributed by atoms with E-state index in [-0.39, 0.29) is 46.4 Å². The molecule has 0 spiro atoms. The zero-order valence-electron chi connectivity index (χ0n) is 34.1. The van der Waals surface area contributed by atoms with Crippen LogP contribution in [-0.2, 0) is 0 Å². The molecule has 0 aliphatic heterocycles. The summed E-state index contributed by atoms with van der Waals surface area (Å²) in [6.07, 6.45) is 0. The topological polar surface area (TPSA) is 13.1 Å².